The van der Waals surface area contributed by atoms with Crippen molar-refractivity contribution in [1.82, 2.24) is 0 Å². The molecule has 1 aromatic carbocycles. The van der Waals surface area contributed by atoms with Crippen molar-refractivity contribution < 1.29 is 87.2 Å². The van der Waals surface area contributed by atoms with Gasteiger partial charge in [0.15, 0.2) is 0 Å². The maximum absolute atomic E-state index is 14.1. The second-order valence-corrected chi connectivity index (χ2v) is 12.4. The molecular formula is C21H18F17IO3S. The average molecular weight is 800 g/mol. The van der Waals surface area contributed by atoms with Gasteiger partial charge in [0.2, 0.25) is 0 Å². The van der Waals surface area contributed by atoms with Gasteiger partial charge in [-0.1, -0.05) is 46.7 Å². The van der Waals surface area contributed by atoms with E-state index in [1.54, 1.807) is 6.92 Å². The standard InChI is InChI=1S/C21H18F17IO3S/c1-11-5-7-13(8-6-11)43(40,41)42-9-3-2-4-12(39)10-14(22,23)15(24,25)16(26,27)17(28,29)18(30,31)19(32,33)20(34,35)21(36,37)38/h5-8,12H,2-4,9-10H2,1H3. The van der Waals surface area contributed by atoms with Gasteiger partial charge in [-0.2, -0.15) is 83.1 Å². The van der Waals surface area contributed by atoms with Gasteiger partial charge >= 0.3 is 47.6 Å². The number of benzene rings is 1. The first kappa shape index (κ1) is 39.7. The van der Waals surface area contributed by atoms with E-state index in [4.69, 9.17) is 0 Å². The lowest BCUT2D eigenvalue weighted by Crippen LogP contribution is -2.74. The normalized spacial score (nSPS) is 16.0. The van der Waals surface area contributed by atoms with Crippen molar-refractivity contribution >= 4 is 32.7 Å². The zero-order valence-corrected chi connectivity index (χ0v) is 23.8. The molecule has 0 fully saturated rings. The molecule has 0 aliphatic rings. The molecule has 0 saturated heterocycles. The molecule has 1 aromatic rings. The molecule has 0 bridgehead atoms. The minimum absolute atomic E-state index is 0.282. The molecule has 0 aliphatic carbocycles. The first-order valence-electron chi connectivity index (χ1n) is 11.2. The zero-order chi connectivity index (χ0) is 34.3. The molecule has 0 radical (unpaired) electrons. The molecule has 0 aromatic heterocycles. The van der Waals surface area contributed by atoms with E-state index in [0.717, 1.165) is 22.6 Å². The lowest BCUT2D eigenvalue weighted by Gasteiger charge is -2.43. The van der Waals surface area contributed by atoms with Gasteiger partial charge in [-0.05, 0) is 31.9 Å². The van der Waals surface area contributed by atoms with E-state index >= 15 is 0 Å². The number of unbranched alkanes of at least 4 members (excludes halogenated alkanes) is 1. The highest BCUT2D eigenvalue weighted by Gasteiger charge is 2.95. The van der Waals surface area contributed by atoms with Gasteiger partial charge in [-0.15, -0.1) is 0 Å². The van der Waals surface area contributed by atoms with E-state index in [2.05, 4.69) is 4.18 Å². The summed E-state index contributed by atoms with van der Waals surface area (Å²) in [4.78, 5) is -0.282. The van der Waals surface area contributed by atoms with Crippen LogP contribution >= 0.6 is 22.6 Å². The first-order valence-corrected chi connectivity index (χ1v) is 13.8. The van der Waals surface area contributed by atoms with E-state index in [9.17, 15) is 83.1 Å². The average Bonchev–Trinajstić information content (AvgIpc) is 2.82. The van der Waals surface area contributed by atoms with Crippen molar-refractivity contribution in [3.8, 4) is 0 Å². The van der Waals surface area contributed by atoms with E-state index in [-0.39, 0.29) is 17.7 Å². The molecule has 0 heterocycles. The van der Waals surface area contributed by atoms with Crippen LogP contribution in [-0.4, -0.2) is 66.6 Å². The summed E-state index contributed by atoms with van der Waals surface area (Å²) in [6.07, 6.45) is -11.7. The van der Waals surface area contributed by atoms with Crippen molar-refractivity contribution in [3.05, 3.63) is 29.8 Å². The highest BCUT2D eigenvalue weighted by atomic mass is 127. The maximum Gasteiger partial charge on any atom is 0.460 e. The summed E-state index contributed by atoms with van der Waals surface area (Å²) >= 11 is 0.887. The van der Waals surface area contributed by atoms with Crippen LogP contribution in [0, 0.1) is 6.92 Å². The molecule has 43 heavy (non-hydrogen) atoms. The molecule has 1 atom stereocenters. The highest BCUT2D eigenvalue weighted by molar-refractivity contribution is 14.1. The summed E-state index contributed by atoms with van der Waals surface area (Å²) in [6.45, 7) is 1.01. The fraction of sp³-hybridized carbons (Fsp3) is 0.714. The largest absolute Gasteiger partial charge is 0.460 e. The number of hydrogen-bond acceptors (Lipinski definition) is 3. The van der Waals surface area contributed by atoms with Crippen LogP contribution in [-0.2, 0) is 14.3 Å². The number of halogens is 18. The van der Waals surface area contributed by atoms with Crippen molar-refractivity contribution in [2.24, 2.45) is 0 Å². The van der Waals surface area contributed by atoms with Crippen LogP contribution in [0.15, 0.2) is 29.2 Å². The van der Waals surface area contributed by atoms with E-state index in [0.29, 0.717) is 5.56 Å². The molecule has 0 saturated carbocycles. The zero-order valence-electron chi connectivity index (χ0n) is 20.9. The predicted molar refractivity (Wildman–Crippen MR) is 121 cm³/mol. The van der Waals surface area contributed by atoms with E-state index in [1.807, 2.05) is 0 Å². The van der Waals surface area contributed by atoms with Gasteiger partial charge < -0.3 is 0 Å². The third-order valence-electron chi connectivity index (χ3n) is 5.72. The fourth-order valence-corrected chi connectivity index (χ4v) is 5.05. The molecule has 3 nitrogen and oxygen atoms in total. The molecule has 22 heteroatoms. The molecule has 252 valence electrons. The van der Waals surface area contributed by atoms with Gasteiger partial charge in [-0.25, -0.2) is 0 Å². The van der Waals surface area contributed by atoms with E-state index in [1.165, 1.54) is 24.3 Å². The topological polar surface area (TPSA) is 43.4 Å². The lowest BCUT2D eigenvalue weighted by molar-refractivity contribution is -0.461. The molecule has 0 spiro atoms. The molecule has 1 unspecified atom stereocenters. The predicted octanol–water partition coefficient (Wildman–Crippen LogP) is 9.07. The summed E-state index contributed by atoms with van der Waals surface area (Å²) in [5.74, 6) is -56.5. The fourth-order valence-electron chi connectivity index (χ4n) is 3.11. The molecule has 1 rings (SSSR count). The summed E-state index contributed by atoms with van der Waals surface area (Å²) in [6, 6.07) is 5.17. The van der Waals surface area contributed by atoms with Crippen LogP contribution in [0.5, 0.6) is 0 Å². The number of hydrogen-bond donors (Lipinski definition) is 0. The Hall–Kier alpha value is -1.33. The van der Waals surface area contributed by atoms with Crippen LogP contribution in [0.2, 0.25) is 0 Å². The van der Waals surface area contributed by atoms with Gasteiger partial charge in [0.1, 0.15) is 0 Å². The number of rotatable bonds is 15. The highest BCUT2D eigenvalue weighted by Crippen LogP contribution is 2.64. The SMILES string of the molecule is Cc1ccc(S(=O)(=O)OCCCCC(I)CC(F)(F)C(F)(F)C(F)(F)C(F)(F)C(F)(F)C(F)(F)C(F)(F)C(F)(F)F)cc1. The quantitative estimate of drug-likeness (QED) is 0.0585. The van der Waals surface area contributed by atoms with Crippen LogP contribution in [0.1, 0.15) is 31.2 Å². The Morgan fingerprint density at radius 2 is 1.05 bits per heavy atom. The minimum atomic E-state index is -8.66. The van der Waals surface area contributed by atoms with Crippen LogP contribution in [0.25, 0.3) is 0 Å². The van der Waals surface area contributed by atoms with Gasteiger partial charge in [0.25, 0.3) is 10.1 Å². The van der Waals surface area contributed by atoms with Crippen molar-refractivity contribution in [3.63, 3.8) is 0 Å². The van der Waals surface area contributed by atoms with Crippen molar-refractivity contribution in [2.75, 3.05) is 6.61 Å². The Morgan fingerprint density at radius 3 is 1.47 bits per heavy atom. The lowest BCUT2D eigenvalue weighted by atomic mass is 9.87. The first-order chi connectivity index (χ1) is 18.8. The second-order valence-electron chi connectivity index (χ2n) is 9.03. The molecule has 0 aliphatic heterocycles. The smallest absolute Gasteiger partial charge is 0.266 e. The molecule has 0 N–H and O–H groups in total. The maximum atomic E-state index is 14.1. The number of aryl methyl sites for hydroxylation is 1. The number of alkyl halides is 18. The van der Waals surface area contributed by atoms with Crippen molar-refractivity contribution in [2.45, 2.75) is 89.1 Å². The summed E-state index contributed by atoms with van der Waals surface area (Å²) in [5.41, 5.74) is 0.686. The molecular weight excluding hydrogens is 782 g/mol. The monoisotopic (exact) mass is 800 g/mol. The summed E-state index contributed by atoms with van der Waals surface area (Å²) < 4.78 is 254. The Bertz CT molecular complexity index is 1200. The van der Waals surface area contributed by atoms with Gasteiger partial charge in [0, 0.05) is 10.3 Å². The van der Waals surface area contributed by atoms with E-state index < -0.39 is 81.1 Å². The van der Waals surface area contributed by atoms with Gasteiger partial charge in [-0.3, -0.25) is 4.18 Å². The Morgan fingerprint density at radius 1 is 0.651 bits per heavy atom. The van der Waals surface area contributed by atoms with Crippen LogP contribution in [0.4, 0.5) is 74.6 Å². The Balaban J connectivity index is 3.03. The Labute approximate surface area is 245 Å². The van der Waals surface area contributed by atoms with Crippen LogP contribution in [0.3, 0.4) is 0 Å². The third kappa shape index (κ3) is 7.24. The van der Waals surface area contributed by atoms with Gasteiger partial charge in [0.05, 0.1) is 11.5 Å². The van der Waals surface area contributed by atoms with Crippen LogP contribution < -0.4 is 0 Å². The summed E-state index contributed by atoms with van der Waals surface area (Å²) in [7, 11) is -4.30. The minimum Gasteiger partial charge on any atom is -0.266 e. The second kappa shape index (κ2) is 12.5. The van der Waals surface area contributed by atoms with Crippen molar-refractivity contribution in [1.29, 1.82) is 0 Å². The summed E-state index contributed by atoms with van der Waals surface area (Å²) in [5, 5.41) is 0. The Kier molecular flexibility index (Phi) is 11.5. The third-order valence-corrected chi connectivity index (χ3v) is 8.11. The molecule has 0 amide bonds.